The van der Waals surface area contributed by atoms with Crippen molar-refractivity contribution >= 4 is 41.9 Å². The van der Waals surface area contributed by atoms with Crippen LogP contribution >= 0.6 is 24.0 Å². The Morgan fingerprint density at radius 1 is 1.08 bits per heavy atom. The summed E-state index contributed by atoms with van der Waals surface area (Å²) in [6.45, 7) is 11.3. The molecule has 0 aromatic carbocycles. The zero-order valence-electron chi connectivity index (χ0n) is 16.4. The van der Waals surface area contributed by atoms with Gasteiger partial charge in [0.05, 0.1) is 6.54 Å². The molecule has 0 bridgehead atoms. The van der Waals surface area contributed by atoms with E-state index in [2.05, 4.69) is 20.9 Å². The summed E-state index contributed by atoms with van der Waals surface area (Å²) < 4.78 is 5.17. The first-order valence-corrected chi connectivity index (χ1v) is 9.08. The number of halogens is 1. The highest BCUT2D eigenvalue weighted by Crippen LogP contribution is 2.08. The molecule has 152 valence electrons. The normalized spacial score (nSPS) is 14.5. The first-order chi connectivity index (χ1) is 11.8. The van der Waals surface area contributed by atoms with Gasteiger partial charge >= 0.3 is 6.09 Å². The molecule has 0 unspecified atom stereocenters. The van der Waals surface area contributed by atoms with Crippen molar-refractivity contribution in [3.63, 3.8) is 0 Å². The Morgan fingerprint density at radius 2 is 1.69 bits per heavy atom. The van der Waals surface area contributed by atoms with Crippen molar-refractivity contribution < 1.29 is 14.3 Å². The van der Waals surface area contributed by atoms with Crippen molar-refractivity contribution in [1.82, 2.24) is 20.9 Å². The largest absolute Gasteiger partial charge is 0.444 e. The van der Waals surface area contributed by atoms with Crippen molar-refractivity contribution in [3.05, 3.63) is 0 Å². The molecule has 3 N–H and O–H groups in total. The highest BCUT2D eigenvalue weighted by Gasteiger charge is 2.17. The van der Waals surface area contributed by atoms with Gasteiger partial charge in [-0.15, -0.1) is 24.0 Å². The van der Waals surface area contributed by atoms with Crippen molar-refractivity contribution in [2.75, 3.05) is 39.3 Å². The Morgan fingerprint density at radius 3 is 2.27 bits per heavy atom. The topological polar surface area (TPSA) is 95.1 Å². The summed E-state index contributed by atoms with van der Waals surface area (Å²) in [7, 11) is 0. The molecule has 0 aromatic heterocycles. The number of carbonyl (C=O) groups excluding carboxylic acids is 2. The van der Waals surface area contributed by atoms with E-state index in [1.165, 1.54) is 0 Å². The molecule has 1 saturated heterocycles. The minimum atomic E-state index is -0.504. The number of guanidine groups is 1. The van der Waals surface area contributed by atoms with E-state index in [4.69, 9.17) is 4.74 Å². The number of aliphatic imine (C=N–C) groups is 1. The summed E-state index contributed by atoms with van der Waals surface area (Å²) in [5.74, 6) is 0.811. The molecule has 26 heavy (non-hydrogen) atoms. The Kier molecular flexibility index (Phi) is 12.4. The molecule has 0 aliphatic carbocycles. The van der Waals surface area contributed by atoms with Gasteiger partial charge in [0.1, 0.15) is 5.60 Å². The van der Waals surface area contributed by atoms with Crippen LogP contribution in [0.4, 0.5) is 4.79 Å². The third kappa shape index (κ3) is 11.4. The summed E-state index contributed by atoms with van der Waals surface area (Å²) in [5.41, 5.74) is -0.504. The second kappa shape index (κ2) is 13.0. The standard InChI is InChI=1S/C17H33N5O3.HI/c1-5-18-15(19-9-8-14(23)22-12-6-7-13-22)20-10-11-21-16(24)25-17(2,3)4;/h5-13H2,1-4H3,(H,21,24)(H2,18,19,20);1H. The van der Waals surface area contributed by atoms with Crippen molar-refractivity contribution in [3.8, 4) is 0 Å². The molecule has 1 fully saturated rings. The van der Waals surface area contributed by atoms with E-state index >= 15 is 0 Å². The minimum Gasteiger partial charge on any atom is -0.444 e. The van der Waals surface area contributed by atoms with Crippen LogP contribution in [0.2, 0.25) is 0 Å². The predicted octanol–water partition coefficient (Wildman–Crippen LogP) is 1.70. The maximum Gasteiger partial charge on any atom is 0.407 e. The number of hydrogen-bond acceptors (Lipinski definition) is 4. The highest BCUT2D eigenvalue weighted by molar-refractivity contribution is 14.0. The lowest BCUT2D eigenvalue weighted by Gasteiger charge is -2.20. The Bertz CT molecular complexity index is 460. The van der Waals surface area contributed by atoms with E-state index in [-0.39, 0.29) is 29.9 Å². The predicted molar refractivity (Wildman–Crippen MR) is 114 cm³/mol. The van der Waals surface area contributed by atoms with Crippen molar-refractivity contribution in [1.29, 1.82) is 0 Å². The fourth-order valence-electron chi connectivity index (χ4n) is 2.39. The van der Waals surface area contributed by atoms with Gasteiger partial charge in [0.2, 0.25) is 5.91 Å². The van der Waals surface area contributed by atoms with E-state index in [1.54, 1.807) is 0 Å². The van der Waals surface area contributed by atoms with Crippen LogP contribution in [-0.2, 0) is 9.53 Å². The summed E-state index contributed by atoms with van der Waals surface area (Å²) in [6, 6.07) is 0. The molecule has 0 aromatic rings. The van der Waals surface area contributed by atoms with Gasteiger partial charge in [-0.1, -0.05) is 0 Å². The fraction of sp³-hybridized carbons (Fsp3) is 0.824. The number of nitrogens with zero attached hydrogens (tertiary/aromatic N) is 2. The Balaban J connectivity index is 0.00000625. The molecule has 1 aliphatic heterocycles. The van der Waals surface area contributed by atoms with Gasteiger partial charge in [-0.3, -0.25) is 9.79 Å². The zero-order chi connectivity index (χ0) is 18.7. The number of alkyl carbamates (subject to hydrolysis) is 1. The lowest BCUT2D eigenvalue weighted by molar-refractivity contribution is -0.129. The summed E-state index contributed by atoms with van der Waals surface area (Å²) in [5, 5.41) is 8.93. The van der Waals surface area contributed by atoms with Gasteiger partial charge in [0.25, 0.3) is 0 Å². The smallest absolute Gasteiger partial charge is 0.407 e. The van der Waals surface area contributed by atoms with E-state index in [1.807, 2.05) is 32.6 Å². The number of rotatable bonds is 7. The maximum absolute atomic E-state index is 12.0. The van der Waals surface area contributed by atoms with E-state index in [0.29, 0.717) is 32.0 Å². The van der Waals surface area contributed by atoms with Gasteiger partial charge in [0.15, 0.2) is 5.96 Å². The van der Waals surface area contributed by atoms with Gasteiger partial charge in [-0.25, -0.2) is 4.79 Å². The molecule has 0 spiro atoms. The number of likely N-dealkylation sites (tertiary alicyclic amines) is 1. The van der Waals surface area contributed by atoms with Crippen LogP contribution < -0.4 is 16.0 Å². The van der Waals surface area contributed by atoms with Crippen molar-refractivity contribution in [2.24, 2.45) is 4.99 Å². The molecule has 9 heteroatoms. The SMILES string of the molecule is CCNC(=NCCC(=O)N1CCCC1)NCCNC(=O)OC(C)(C)C.I. The zero-order valence-corrected chi connectivity index (χ0v) is 18.7. The molecule has 1 heterocycles. The second-order valence-electron chi connectivity index (χ2n) is 6.95. The first kappa shape index (κ1) is 24.7. The van der Waals surface area contributed by atoms with E-state index < -0.39 is 11.7 Å². The third-order valence-electron chi connectivity index (χ3n) is 3.48. The molecular weight excluding hydrogens is 449 g/mol. The quantitative estimate of drug-likeness (QED) is 0.222. The third-order valence-corrected chi connectivity index (χ3v) is 3.48. The molecule has 1 aliphatic rings. The van der Waals surface area contributed by atoms with E-state index in [0.717, 1.165) is 32.5 Å². The number of hydrogen-bond donors (Lipinski definition) is 3. The molecular formula is C17H34IN5O3. The fourth-order valence-corrected chi connectivity index (χ4v) is 2.39. The van der Waals surface area contributed by atoms with Gasteiger partial charge in [-0.2, -0.15) is 0 Å². The number of amides is 2. The molecule has 1 rings (SSSR count). The number of nitrogens with one attached hydrogen (secondary N) is 3. The second-order valence-corrected chi connectivity index (χ2v) is 6.95. The van der Waals surface area contributed by atoms with Crippen LogP contribution in [-0.4, -0.2) is 67.7 Å². The Labute approximate surface area is 173 Å². The van der Waals surface area contributed by atoms with Crippen LogP contribution in [0.25, 0.3) is 0 Å². The summed E-state index contributed by atoms with van der Waals surface area (Å²) in [6.07, 6.45) is 2.19. The molecule has 0 saturated carbocycles. The van der Waals surface area contributed by atoms with Crippen LogP contribution in [0, 0.1) is 0 Å². The first-order valence-electron chi connectivity index (χ1n) is 9.08. The van der Waals surface area contributed by atoms with Gasteiger partial charge in [0, 0.05) is 39.1 Å². The van der Waals surface area contributed by atoms with Crippen LogP contribution in [0.3, 0.4) is 0 Å². The number of carbonyl (C=O) groups is 2. The van der Waals surface area contributed by atoms with Crippen LogP contribution in [0.5, 0.6) is 0 Å². The summed E-state index contributed by atoms with van der Waals surface area (Å²) >= 11 is 0. The Hall–Kier alpha value is -1.26. The summed E-state index contributed by atoms with van der Waals surface area (Å²) in [4.78, 5) is 29.8. The van der Waals surface area contributed by atoms with E-state index in [9.17, 15) is 9.59 Å². The lowest BCUT2D eigenvalue weighted by atomic mass is 10.2. The van der Waals surface area contributed by atoms with Gasteiger partial charge in [-0.05, 0) is 40.5 Å². The monoisotopic (exact) mass is 483 g/mol. The molecule has 0 radical (unpaired) electrons. The van der Waals surface area contributed by atoms with Gasteiger partial charge < -0.3 is 25.6 Å². The molecule has 2 amide bonds. The van der Waals surface area contributed by atoms with Crippen LogP contribution in [0.1, 0.15) is 47.0 Å². The highest BCUT2D eigenvalue weighted by atomic mass is 127. The van der Waals surface area contributed by atoms with Crippen LogP contribution in [0.15, 0.2) is 4.99 Å². The van der Waals surface area contributed by atoms with Crippen molar-refractivity contribution in [2.45, 2.75) is 52.6 Å². The minimum absolute atomic E-state index is 0. The average Bonchev–Trinajstić information content (AvgIpc) is 3.04. The lowest BCUT2D eigenvalue weighted by Crippen LogP contribution is -2.42. The number of ether oxygens (including phenoxy) is 1. The maximum atomic E-state index is 12.0. The molecule has 0 atom stereocenters. The molecule has 8 nitrogen and oxygen atoms in total. The average molecular weight is 483 g/mol.